The van der Waals surface area contributed by atoms with Gasteiger partial charge in [-0.1, -0.05) is 12.2 Å². The number of imidazole rings is 2. The van der Waals surface area contributed by atoms with Gasteiger partial charge < -0.3 is 4.98 Å². The number of rotatable bonds is 1. The van der Waals surface area contributed by atoms with Crippen molar-refractivity contribution in [2.24, 2.45) is 0 Å². The minimum absolute atomic E-state index is 0.960. The van der Waals surface area contributed by atoms with Crippen molar-refractivity contribution >= 4 is 17.9 Å². The van der Waals surface area contributed by atoms with E-state index in [9.17, 15) is 0 Å². The van der Waals surface area contributed by atoms with Gasteiger partial charge in [-0.05, 0) is 38.8 Å². The maximum atomic E-state index is 4.59. The van der Waals surface area contributed by atoms with Crippen molar-refractivity contribution in [2.75, 3.05) is 0 Å². The van der Waals surface area contributed by atoms with Crippen LogP contribution < -0.4 is 0 Å². The van der Waals surface area contributed by atoms with Gasteiger partial charge in [0.05, 0.1) is 11.4 Å². The molecular formula is C13H15N3. The summed E-state index contributed by atoms with van der Waals surface area (Å²) in [6.45, 7) is 4.15. The van der Waals surface area contributed by atoms with Crippen LogP contribution in [0.5, 0.6) is 0 Å². The fraction of sp³-hybridized carbons (Fsp3) is 0.308. The minimum Gasteiger partial charge on any atom is -0.324 e. The molecule has 3 rings (SSSR count). The van der Waals surface area contributed by atoms with Crippen LogP contribution in [0, 0.1) is 6.92 Å². The van der Waals surface area contributed by atoms with Gasteiger partial charge in [-0.2, -0.15) is 0 Å². The Bertz CT molecular complexity index is 596. The molecule has 0 aromatic carbocycles. The molecular weight excluding hydrogens is 198 g/mol. The number of allylic oxidation sites excluding steroid dienone is 2. The highest BCUT2D eigenvalue weighted by molar-refractivity contribution is 5.60. The van der Waals surface area contributed by atoms with E-state index in [0.717, 1.165) is 24.3 Å². The molecule has 0 aliphatic heterocycles. The summed E-state index contributed by atoms with van der Waals surface area (Å²) in [6.07, 6.45) is 10.7. The van der Waals surface area contributed by atoms with Crippen LogP contribution in [-0.4, -0.2) is 14.4 Å². The highest BCUT2D eigenvalue weighted by Crippen LogP contribution is 2.23. The Balaban J connectivity index is 2.30. The van der Waals surface area contributed by atoms with E-state index in [1.807, 2.05) is 13.0 Å². The van der Waals surface area contributed by atoms with Crippen molar-refractivity contribution in [3.05, 3.63) is 34.9 Å². The molecule has 0 radical (unpaired) electrons. The third-order valence-electron chi connectivity index (χ3n) is 3.13. The number of fused-ring (bicyclic) bond motifs is 3. The number of nitrogens with one attached hydrogen (secondary N) is 1. The van der Waals surface area contributed by atoms with Crippen LogP contribution in [0.2, 0.25) is 0 Å². The number of aryl methyl sites for hydroxylation is 2. The molecule has 0 unspecified atom stereocenters. The zero-order valence-electron chi connectivity index (χ0n) is 9.62. The molecule has 0 atom stereocenters. The second-order valence-electron chi connectivity index (χ2n) is 4.17. The number of H-pyrrole nitrogens is 1. The first kappa shape index (κ1) is 9.46. The predicted molar refractivity (Wildman–Crippen MR) is 66.3 cm³/mol. The number of hydrogen-bond donors (Lipinski definition) is 1. The van der Waals surface area contributed by atoms with Crippen LogP contribution in [0.25, 0.3) is 17.9 Å². The number of aromatic amines is 1. The van der Waals surface area contributed by atoms with Gasteiger partial charge in [0.1, 0.15) is 0 Å². The summed E-state index contributed by atoms with van der Waals surface area (Å²) in [7, 11) is 0. The van der Waals surface area contributed by atoms with Crippen molar-refractivity contribution in [3.8, 4) is 0 Å². The molecule has 82 valence electrons. The molecule has 0 fully saturated rings. The lowest BCUT2D eigenvalue weighted by Gasteiger charge is -2.05. The van der Waals surface area contributed by atoms with E-state index in [1.165, 1.54) is 17.1 Å². The molecule has 16 heavy (non-hydrogen) atoms. The van der Waals surface area contributed by atoms with Crippen LogP contribution in [-0.2, 0) is 6.42 Å². The Hall–Kier alpha value is -1.77. The summed E-state index contributed by atoms with van der Waals surface area (Å²) in [5.74, 6) is 0.960. The quantitative estimate of drug-likeness (QED) is 0.776. The summed E-state index contributed by atoms with van der Waals surface area (Å²) in [5, 5.41) is 0. The lowest BCUT2D eigenvalue weighted by atomic mass is 10.1. The monoisotopic (exact) mass is 213 g/mol. The molecule has 1 N–H and O–H groups in total. The van der Waals surface area contributed by atoms with Crippen molar-refractivity contribution in [3.63, 3.8) is 0 Å². The standard InChI is InChI=1S/C13H15N3/c1-3-6-10-9(2)16-12-8-5-4-7-11(12)15-13(16)14-10/h3-4,6-7H,5,8H2,1-2H3,(H,14,15)/b6-3-. The maximum Gasteiger partial charge on any atom is 0.212 e. The third-order valence-corrected chi connectivity index (χ3v) is 3.13. The molecule has 0 saturated carbocycles. The molecule has 0 amide bonds. The van der Waals surface area contributed by atoms with Crippen LogP contribution in [0.3, 0.4) is 0 Å². The largest absolute Gasteiger partial charge is 0.324 e. The predicted octanol–water partition coefficient (Wildman–Crippen LogP) is 2.96. The highest BCUT2D eigenvalue weighted by atomic mass is 15.1. The molecule has 1 aliphatic rings. The molecule has 2 aromatic heterocycles. The number of nitrogens with zero attached hydrogens (tertiary/aromatic N) is 2. The minimum atomic E-state index is 0.960. The van der Waals surface area contributed by atoms with E-state index in [2.05, 4.69) is 39.5 Å². The van der Waals surface area contributed by atoms with Crippen LogP contribution in [0.15, 0.2) is 12.2 Å². The molecule has 1 aliphatic carbocycles. The number of hydrogen-bond acceptors (Lipinski definition) is 1. The van der Waals surface area contributed by atoms with E-state index in [0.29, 0.717) is 0 Å². The highest BCUT2D eigenvalue weighted by Gasteiger charge is 2.16. The third kappa shape index (κ3) is 1.18. The van der Waals surface area contributed by atoms with Gasteiger partial charge in [0.15, 0.2) is 0 Å². The molecule has 3 heteroatoms. The molecule has 2 heterocycles. The van der Waals surface area contributed by atoms with Crippen molar-refractivity contribution in [2.45, 2.75) is 26.7 Å². The Kier molecular flexibility index (Phi) is 1.99. The molecule has 3 nitrogen and oxygen atoms in total. The summed E-state index contributed by atoms with van der Waals surface area (Å²) in [5.41, 5.74) is 4.86. The topological polar surface area (TPSA) is 33.1 Å². The first-order chi connectivity index (χ1) is 7.81. The van der Waals surface area contributed by atoms with Crippen molar-refractivity contribution in [1.29, 1.82) is 0 Å². The fourth-order valence-corrected chi connectivity index (χ4v) is 2.37. The maximum absolute atomic E-state index is 4.59. The Morgan fingerprint density at radius 3 is 3.19 bits per heavy atom. The van der Waals surface area contributed by atoms with E-state index in [1.54, 1.807) is 0 Å². The first-order valence-corrected chi connectivity index (χ1v) is 5.70. The molecule has 2 aromatic rings. The SMILES string of the molecule is C/C=C\c1nc2[nH]c3c(n2c1C)CCC=C3. The van der Waals surface area contributed by atoms with Gasteiger partial charge in [-0.3, -0.25) is 4.40 Å². The van der Waals surface area contributed by atoms with Crippen LogP contribution >= 0.6 is 0 Å². The van der Waals surface area contributed by atoms with Gasteiger partial charge >= 0.3 is 0 Å². The van der Waals surface area contributed by atoms with Crippen LogP contribution in [0.4, 0.5) is 0 Å². The average Bonchev–Trinajstić information content (AvgIpc) is 2.78. The summed E-state index contributed by atoms with van der Waals surface area (Å²) in [4.78, 5) is 7.96. The van der Waals surface area contributed by atoms with E-state index in [-0.39, 0.29) is 0 Å². The normalized spacial score (nSPS) is 15.1. The summed E-state index contributed by atoms with van der Waals surface area (Å²) < 4.78 is 2.24. The second kappa shape index (κ2) is 3.37. The van der Waals surface area contributed by atoms with Crippen molar-refractivity contribution in [1.82, 2.24) is 14.4 Å². The van der Waals surface area contributed by atoms with Crippen molar-refractivity contribution < 1.29 is 0 Å². The van der Waals surface area contributed by atoms with Gasteiger partial charge in [0.25, 0.3) is 0 Å². The Morgan fingerprint density at radius 1 is 1.50 bits per heavy atom. The Morgan fingerprint density at radius 2 is 2.38 bits per heavy atom. The van der Waals surface area contributed by atoms with E-state index in [4.69, 9.17) is 0 Å². The summed E-state index contributed by atoms with van der Waals surface area (Å²) in [6, 6.07) is 0. The van der Waals surface area contributed by atoms with Gasteiger partial charge in [-0.15, -0.1) is 0 Å². The van der Waals surface area contributed by atoms with E-state index >= 15 is 0 Å². The van der Waals surface area contributed by atoms with Gasteiger partial charge in [0.2, 0.25) is 5.78 Å². The first-order valence-electron chi connectivity index (χ1n) is 5.70. The zero-order chi connectivity index (χ0) is 11.1. The smallest absolute Gasteiger partial charge is 0.212 e. The van der Waals surface area contributed by atoms with Crippen LogP contribution in [0.1, 0.15) is 36.1 Å². The fourth-order valence-electron chi connectivity index (χ4n) is 2.37. The zero-order valence-corrected chi connectivity index (χ0v) is 9.62. The lowest BCUT2D eigenvalue weighted by molar-refractivity contribution is 0.896. The van der Waals surface area contributed by atoms with Gasteiger partial charge in [-0.25, -0.2) is 4.98 Å². The molecule has 0 saturated heterocycles. The lowest BCUT2D eigenvalue weighted by Crippen LogP contribution is -1.98. The Labute approximate surface area is 94.5 Å². The van der Waals surface area contributed by atoms with Gasteiger partial charge in [0, 0.05) is 11.4 Å². The number of aromatic nitrogens is 3. The van der Waals surface area contributed by atoms with E-state index < -0.39 is 0 Å². The summed E-state index contributed by atoms with van der Waals surface area (Å²) >= 11 is 0. The second-order valence-corrected chi connectivity index (χ2v) is 4.17. The molecule has 0 bridgehead atoms. The average molecular weight is 213 g/mol. The molecule has 0 spiro atoms.